The Morgan fingerprint density at radius 2 is 1.55 bits per heavy atom. The van der Waals surface area contributed by atoms with E-state index in [2.05, 4.69) is 0 Å². The molecule has 0 aliphatic carbocycles. The highest BCUT2D eigenvalue weighted by molar-refractivity contribution is 5.74. The topological polar surface area (TPSA) is 35.5 Å². The van der Waals surface area contributed by atoms with E-state index >= 15 is 0 Å². The summed E-state index contributed by atoms with van der Waals surface area (Å²) >= 11 is 0. The lowest BCUT2D eigenvalue weighted by atomic mass is 10.1. The summed E-state index contributed by atoms with van der Waals surface area (Å²) in [6, 6.07) is 17.3. The van der Waals surface area contributed by atoms with Crippen LogP contribution in [0.25, 0.3) is 12.2 Å². The molecule has 0 amide bonds. The first-order valence-electron chi connectivity index (χ1n) is 7.17. The molecule has 0 aliphatic heterocycles. The van der Waals surface area contributed by atoms with Crippen LogP contribution >= 0.6 is 0 Å². The van der Waals surface area contributed by atoms with Crippen LogP contribution in [-0.2, 0) is 4.74 Å². The van der Waals surface area contributed by atoms with Crippen molar-refractivity contribution in [2.24, 2.45) is 0 Å². The van der Waals surface area contributed by atoms with Crippen LogP contribution in [0.5, 0.6) is 5.75 Å². The van der Waals surface area contributed by atoms with Crippen molar-refractivity contribution in [3.63, 3.8) is 0 Å². The molecule has 2 rings (SSSR count). The van der Waals surface area contributed by atoms with Gasteiger partial charge in [-0.3, -0.25) is 0 Å². The third kappa shape index (κ3) is 5.09. The molecule has 0 fully saturated rings. The fourth-order valence-corrected chi connectivity index (χ4v) is 1.82. The average molecular weight is 296 g/mol. The van der Waals surface area contributed by atoms with Crippen molar-refractivity contribution >= 4 is 18.3 Å². The van der Waals surface area contributed by atoms with Crippen LogP contribution in [0.4, 0.5) is 4.79 Å². The lowest BCUT2D eigenvalue weighted by molar-refractivity contribution is 0.0206. The number of carbonyl (C=O) groups excluding carboxylic acids is 1. The summed E-state index contributed by atoms with van der Waals surface area (Å²) in [6.45, 7) is 5.40. The molecule has 0 radical (unpaired) electrons. The van der Waals surface area contributed by atoms with Crippen LogP contribution in [0.15, 0.2) is 54.6 Å². The van der Waals surface area contributed by atoms with Gasteiger partial charge in [0, 0.05) is 5.56 Å². The van der Waals surface area contributed by atoms with Gasteiger partial charge in [-0.2, -0.15) is 0 Å². The van der Waals surface area contributed by atoms with Crippen molar-refractivity contribution < 1.29 is 14.3 Å². The third-order valence-electron chi connectivity index (χ3n) is 2.76. The molecule has 0 heterocycles. The van der Waals surface area contributed by atoms with Gasteiger partial charge in [0.15, 0.2) is 0 Å². The summed E-state index contributed by atoms with van der Waals surface area (Å²) in [6.07, 6.45) is 3.18. The highest BCUT2D eigenvalue weighted by Crippen LogP contribution is 2.22. The molecule has 22 heavy (non-hydrogen) atoms. The van der Waals surface area contributed by atoms with E-state index in [4.69, 9.17) is 9.47 Å². The molecular formula is C19H20O3. The Labute approximate surface area is 131 Å². The number of rotatable bonds is 3. The average Bonchev–Trinajstić information content (AvgIpc) is 2.45. The van der Waals surface area contributed by atoms with Crippen LogP contribution in [0.3, 0.4) is 0 Å². The van der Waals surface area contributed by atoms with Gasteiger partial charge >= 0.3 is 6.16 Å². The summed E-state index contributed by atoms with van der Waals surface area (Å²) in [5, 5.41) is 0. The van der Waals surface area contributed by atoms with Crippen molar-refractivity contribution in [1.82, 2.24) is 0 Å². The molecule has 3 heteroatoms. The van der Waals surface area contributed by atoms with E-state index in [1.165, 1.54) is 0 Å². The van der Waals surface area contributed by atoms with Crippen molar-refractivity contribution in [1.29, 1.82) is 0 Å². The Hall–Kier alpha value is -2.55. The Balaban J connectivity index is 2.13. The fourth-order valence-electron chi connectivity index (χ4n) is 1.82. The normalized spacial score (nSPS) is 11.4. The minimum Gasteiger partial charge on any atom is -0.428 e. The molecule has 0 aliphatic rings. The monoisotopic (exact) mass is 296 g/mol. The molecule has 2 aromatic rings. The van der Waals surface area contributed by atoms with E-state index in [0.717, 1.165) is 11.1 Å². The van der Waals surface area contributed by atoms with E-state index in [1.54, 1.807) is 26.8 Å². The molecule has 0 unspecified atom stereocenters. The maximum Gasteiger partial charge on any atom is 0.514 e. The Morgan fingerprint density at radius 3 is 2.23 bits per heavy atom. The number of hydrogen-bond acceptors (Lipinski definition) is 3. The van der Waals surface area contributed by atoms with Gasteiger partial charge in [0.1, 0.15) is 11.4 Å². The number of carbonyl (C=O) groups is 1. The first-order chi connectivity index (χ1) is 10.4. The molecule has 3 nitrogen and oxygen atoms in total. The summed E-state index contributed by atoms with van der Waals surface area (Å²) < 4.78 is 10.5. The number of ether oxygens (including phenoxy) is 2. The van der Waals surface area contributed by atoms with Crippen LogP contribution in [0, 0.1) is 0 Å². The maximum atomic E-state index is 11.8. The summed E-state index contributed by atoms with van der Waals surface area (Å²) in [7, 11) is 0. The molecule has 0 aromatic heterocycles. The maximum absolute atomic E-state index is 11.8. The lowest BCUT2D eigenvalue weighted by Crippen LogP contribution is -2.26. The van der Waals surface area contributed by atoms with Crippen molar-refractivity contribution in [2.45, 2.75) is 26.4 Å². The summed E-state index contributed by atoms with van der Waals surface area (Å²) in [4.78, 5) is 11.8. The molecular weight excluding hydrogens is 276 g/mol. The lowest BCUT2D eigenvalue weighted by Gasteiger charge is -2.19. The first kappa shape index (κ1) is 15.8. The van der Waals surface area contributed by atoms with Crippen molar-refractivity contribution in [3.8, 4) is 5.75 Å². The molecule has 0 spiro atoms. The number of hydrogen-bond donors (Lipinski definition) is 0. The van der Waals surface area contributed by atoms with E-state index in [9.17, 15) is 4.79 Å². The first-order valence-corrected chi connectivity index (χ1v) is 7.17. The third-order valence-corrected chi connectivity index (χ3v) is 2.76. The minimum atomic E-state index is -0.701. The van der Waals surface area contributed by atoms with Gasteiger partial charge in [0.2, 0.25) is 0 Å². The van der Waals surface area contributed by atoms with Crippen molar-refractivity contribution in [3.05, 3.63) is 65.7 Å². The van der Waals surface area contributed by atoms with Crippen LogP contribution in [0.1, 0.15) is 31.9 Å². The highest BCUT2D eigenvalue weighted by atomic mass is 16.7. The zero-order chi connectivity index (χ0) is 16.0. The highest BCUT2D eigenvalue weighted by Gasteiger charge is 2.18. The Kier molecular flexibility index (Phi) is 4.99. The van der Waals surface area contributed by atoms with Crippen molar-refractivity contribution in [2.75, 3.05) is 0 Å². The van der Waals surface area contributed by atoms with Gasteiger partial charge < -0.3 is 9.47 Å². The standard InChI is InChI=1S/C19H20O3/c1-19(2,3)22-18(20)21-17-12-8-7-11-16(17)14-13-15-9-5-4-6-10-15/h4-14H,1-3H3. The smallest absolute Gasteiger partial charge is 0.428 e. The SMILES string of the molecule is CC(C)(C)OC(=O)Oc1ccccc1C=Cc1ccccc1. The molecule has 0 saturated heterocycles. The van der Waals surface area contributed by atoms with Crippen LogP contribution in [0.2, 0.25) is 0 Å². The van der Waals surface area contributed by atoms with Gasteiger partial charge in [-0.1, -0.05) is 60.7 Å². The van der Waals surface area contributed by atoms with Gasteiger partial charge in [0.25, 0.3) is 0 Å². The second-order valence-corrected chi connectivity index (χ2v) is 5.85. The quantitative estimate of drug-likeness (QED) is 0.445. The zero-order valence-electron chi connectivity index (χ0n) is 13.1. The summed E-state index contributed by atoms with van der Waals surface area (Å²) in [5.74, 6) is 0.476. The van der Waals surface area contributed by atoms with Crippen LogP contribution < -0.4 is 4.74 Å². The minimum absolute atomic E-state index is 0.476. The van der Waals surface area contributed by atoms with Gasteiger partial charge in [-0.25, -0.2) is 4.79 Å². The predicted molar refractivity (Wildman–Crippen MR) is 88.7 cm³/mol. The second kappa shape index (κ2) is 6.94. The second-order valence-electron chi connectivity index (χ2n) is 5.85. The van der Waals surface area contributed by atoms with Gasteiger partial charge in [-0.15, -0.1) is 0 Å². The van der Waals surface area contributed by atoms with E-state index in [0.29, 0.717) is 5.75 Å². The van der Waals surface area contributed by atoms with Gasteiger partial charge in [-0.05, 0) is 32.4 Å². The Bertz CT molecular complexity index is 652. The number of para-hydroxylation sites is 1. The Morgan fingerprint density at radius 1 is 0.909 bits per heavy atom. The van der Waals surface area contributed by atoms with E-state index in [1.807, 2.05) is 60.7 Å². The number of benzene rings is 2. The fraction of sp³-hybridized carbons (Fsp3) is 0.211. The molecule has 0 bridgehead atoms. The molecule has 0 saturated carbocycles. The van der Waals surface area contributed by atoms with Crippen LogP contribution in [-0.4, -0.2) is 11.8 Å². The van der Waals surface area contributed by atoms with E-state index in [-0.39, 0.29) is 0 Å². The van der Waals surface area contributed by atoms with Gasteiger partial charge in [0.05, 0.1) is 0 Å². The van der Waals surface area contributed by atoms with E-state index < -0.39 is 11.8 Å². The molecule has 0 N–H and O–H groups in total. The molecule has 114 valence electrons. The predicted octanol–water partition coefficient (Wildman–Crippen LogP) is 5.17. The largest absolute Gasteiger partial charge is 0.514 e. The summed E-state index contributed by atoms with van der Waals surface area (Å²) in [5.41, 5.74) is 1.32. The molecule has 2 aromatic carbocycles. The molecule has 0 atom stereocenters. The zero-order valence-corrected chi connectivity index (χ0v) is 13.1.